The van der Waals surface area contributed by atoms with Crippen molar-refractivity contribution < 1.29 is 24.1 Å². The molecule has 2 rings (SSSR count). The molecule has 0 radical (unpaired) electrons. The van der Waals surface area contributed by atoms with Crippen molar-refractivity contribution in [3.8, 4) is 17.2 Å². The lowest BCUT2D eigenvalue weighted by Crippen LogP contribution is -2.37. The molecule has 0 saturated carbocycles. The molecule has 0 aromatic heterocycles. The fourth-order valence-electron chi connectivity index (χ4n) is 2.70. The zero-order valence-corrected chi connectivity index (χ0v) is 16.3. The van der Waals surface area contributed by atoms with Crippen LogP contribution in [0.3, 0.4) is 0 Å². The first kappa shape index (κ1) is 21.0. The Kier molecular flexibility index (Phi) is 8.91. The van der Waals surface area contributed by atoms with Crippen molar-refractivity contribution in [2.75, 3.05) is 47.6 Å². The second kappa shape index (κ2) is 11.4. The summed E-state index contributed by atoms with van der Waals surface area (Å²) in [5.74, 6) is 2.29. The maximum absolute atomic E-state index is 10.4. The molecule has 0 aliphatic rings. The van der Waals surface area contributed by atoms with Crippen LogP contribution in [0.2, 0.25) is 0 Å². The maximum Gasteiger partial charge on any atom is 0.119 e. The van der Waals surface area contributed by atoms with E-state index in [1.807, 2.05) is 48.5 Å². The SMILES string of the molecule is COCCN(Cc1cccc(OC)c1)CC(O)COc1ccc(OC)cc1. The highest BCUT2D eigenvalue weighted by Gasteiger charge is 2.14. The van der Waals surface area contributed by atoms with Crippen molar-refractivity contribution in [2.45, 2.75) is 12.6 Å². The lowest BCUT2D eigenvalue weighted by Gasteiger charge is -2.25. The molecular formula is C21H29NO5. The van der Waals surface area contributed by atoms with E-state index in [9.17, 15) is 5.11 Å². The van der Waals surface area contributed by atoms with Gasteiger partial charge in [0.15, 0.2) is 0 Å². The van der Waals surface area contributed by atoms with E-state index >= 15 is 0 Å². The fourth-order valence-corrected chi connectivity index (χ4v) is 2.70. The summed E-state index contributed by atoms with van der Waals surface area (Å²) in [6, 6.07) is 15.2. The van der Waals surface area contributed by atoms with Crippen molar-refractivity contribution >= 4 is 0 Å². The Labute approximate surface area is 161 Å². The molecule has 0 saturated heterocycles. The maximum atomic E-state index is 10.4. The number of hydrogen-bond donors (Lipinski definition) is 1. The molecule has 2 aromatic rings. The van der Waals surface area contributed by atoms with E-state index in [2.05, 4.69) is 4.90 Å². The van der Waals surface area contributed by atoms with E-state index in [1.54, 1.807) is 21.3 Å². The third-order valence-corrected chi connectivity index (χ3v) is 4.12. The van der Waals surface area contributed by atoms with Gasteiger partial charge >= 0.3 is 0 Å². The monoisotopic (exact) mass is 375 g/mol. The molecule has 1 N–H and O–H groups in total. The molecule has 27 heavy (non-hydrogen) atoms. The number of benzene rings is 2. The van der Waals surface area contributed by atoms with E-state index in [0.717, 1.165) is 17.1 Å². The summed E-state index contributed by atoms with van der Waals surface area (Å²) in [7, 11) is 4.95. The normalized spacial score (nSPS) is 12.0. The quantitative estimate of drug-likeness (QED) is 0.615. The number of ether oxygens (including phenoxy) is 4. The van der Waals surface area contributed by atoms with Crippen LogP contribution >= 0.6 is 0 Å². The molecule has 0 aliphatic heterocycles. The minimum absolute atomic E-state index is 0.216. The molecule has 0 amide bonds. The Morgan fingerprint density at radius 2 is 1.63 bits per heavy atom. The topological polar surface area (TPSA) is 60.4 Å². The summed E-state index contributed by atoms with van der Waals surface area (Å²) < 4.78 is 21.3. The number of aliphatic hydroxyl groups excluding tert-OH is 1. The van der Waals surface area contributed by atoms with E-state index in [1.165, 1.54) is 0 Å². The van der Waals surface area contributed by atoms with Gasteiger partial charge in [-0.05, 0) is 42.0 Å². The molecule has 0 heterocycles. The van der Waals surface area contributed by atoms with Gasteiger partial charge in [-0.2, -0.15) is 0 Å². The number of nitrogens with zero attached hydrogens (tertiary/aromatic N) is 1. The molecule has 1 atom stereocenters. The standard InChI is InChI=1S/C21H29NO5/c1-24-12-11-22(14-17-5-4-6-21(13-17)26-3)15-18(23)16-27-20-9-7-19(25-2)8-10-20/h4-10,13,18,23H,11-12,14-16H2,1-3H3. The lowest BCUT2D eigenvalue weighted by molar-refractivity contribution is 0.0542. The summed E-state index contributed by atoms with van der Waals surface area (Å²) in [6.45, 7) is 2.70. The number of rotatable bonds is 12. The average Bonchev–Trinajstić information content (AvgIpc) is 2.71. The Hall–Kier alpha value is -2.28. The van der Waals surface area contributed by atoms with Gasteiger partial charge in [-0.1, -0.05) is 12.1 Å². The molecule has 148 valence electrons. The van der Waals surface area contributed by atoms with E-state index in [4.69, 9.17) is 18.9 Å². The molecule has 6 nitrogen and oxygen atoms in total. The van der Waals surface area contributed by atoms with Crippen LogP contribution in [-0.2, 0) is 11.3 Å². The summed E-state index contributed by atoms with van der Waals surface area (Å²) >= 11 is 0. The third kappa shape index (κ3) is 7.46. The smallest absolute Gasteiger partial charge is 0.119 e. The van der Waals surface area contributed by atoms with Gasteiger partial charge < -0.3 is 24.1 Å². The third-order valence-electron chi connectivity index (χ3n) is 4.12. The van der Waals surface area contributed by atoms with E-state index < -0.39 is 6.10 Å². The van der Waals surface area contributed by atoms with Crippen molar-refractivity contribution in [3.05, 3.63) is 54.1 Å². The van der Waals surface area contributed by atoms with Crippen molar-refractivity contribution in [3.63, 3.8) is 0 Å². The average molecular weight is 375 g/mol. The minimum Gasteiger partial charge on any atom is -0.497 e. The van der Waals surface area contributed by atoms with Crippen LogP contribution in [0.25, 0.3) is 0 Å². The van der Waals surface area contributed by atoms with E-state index in [0.29, 0.717) is 32.0 Å². The van der Waals surface area contributed by atoms with Crippen LogP contribution in [0, 0.1) is 0 Å². The van der Waals surface area contributed by atoms with Gasteiger partial charge in [0.05, 0.1) is 20.8 Å². The van der Waals surface area contributed by atoms with Crippen LogP contribution in [0.15, 0.2) is 48.5 Å². The van der Waals surface area contributed by atoms with Crippen molar-refractivity contribution in [2.24, 2.45) is 0 Å². The van der Waals surface area contributed by atoms with Gasteiger partial charge in [0.1, 0.15) is 30.0 Å². The van der Waals surface area contributed by atoms with Gasteiger partial charge in [-0.3, -0.25) is 4.90 Å². The van der Waals surface area contributed by atoms with Crippen LogP contribution in [-0.4, -0.2) is 63.7 Å². The van der Waals surface area contributed by atoms with Gasteiger partial charge in [0, 0.05) is 26.7 Å². The Bertz CT molecular complexity index is 662. The number of aliphatic hydroxyl groups is 1. The van der Waals surface area contributed by atoms with Gasteiger partial charge in [0.2, 0.25) is 0 Å². The molecule has 1 unspecified atom stereocenters. The van der Waals surface area contributed by atoms with Gasteiger partial charge in [-0.15, -0.1) is 0 Å². The van der Waals surface area contributed by atoms with Crippen molar-refractivity contribution in [1.29, 1.82) is 0 Å². The molecule has 0 bridgehead atoms. The van der Waals surface area contributed by atoms with Crippen LogP contribution in [0.1, 0.15) is 5.56 Å². The number of methoxy groups -OCH3 is 3. The van der Waals surface area contributed by atoms with Crippen molar-refractivity contribution in [1.82, 2.24) is 4.90 Å². The summed E-state index contributed by atoms with van der Waals surface area (Å²) in [5.41, 5.74) is 1.12. The first-order chi connectivity index (χ1) is 13.1. The van der Waals surface area contributed by atoms with Gasteiger partial charge in [0.25, 0.3) is 0 Å². The van der Waals surface area contributed by atoms with Crippen LogP contribution in [0.5, 0.6) is 17.2 Å². The largest absolute Gasteiger partial charge is 0.497 e. The molecule has 0 aliphatic carbocycles. The molecule has 0 spiro atoms. The first-order valence-corrected chi connectivity index (χ1v) is 8.93. The highest BCUT2D eigenvalue weighted by molar-refractivity contribution is 5.31. The Morgan fingerprint density at radius 3 is 2.30 bits per heavy atom. The molecule has 0 fully saturated rings. The Balaban J connectivity index is 1.88. The first-order valence-electron chi connectivity index (χ1n) is 8.93. The zero-order chi connectivity index (χ0) is 19.5. The molecule has 6 heteroatoms. The second-order valence-electron chi connectivity index (χ2n) is 6.22. The summed E-state index contributed by atoms with van der Waals surface area (Å²) in [5, 5.41) is 10.4. The summed E-state index contributed by atoms with van der Waals surface area (Å²) in [6.07, 6.45) is -0.616. The zero-order valence-electron chi connectivity index (χ0n) is 16.3. The Morgan fingerprint density at radius 1 is 0.926 bits per heavy atom. The minimum atomic E-state index is -0.616. The fraction of sp³-hybridized carbons (Fsp3) is 0.429. The second-order valence-corrected chi connectivity index (χ2v) is 6.22. The predicted octanol–water partition coefficient (Wildman–Crippen LogP) is 2.59. The van der Waals surface area contributed by atoms with Gasteiger partial charge in [-0.25, -0.2) is 0 Å². The highest BCUT2D eigenvalue weighted by Crippen LogP contribution is 2.18. The van der Waals surface area contributed by atoms with E-state index in [-0.39, 0.29) is 6.61 Å². The lowest BCUT2D eigenvalue weighted by atomic mass is 10.2. The summed E-state index contributed by atoms with van der Waals surface area (Å²) in [4.78, 5) is 2.14. The highest BCUT2D eigenvalue weighted by atomic mass is 16.5. The predicted molar refractivity (Wildman–Crippen MR) is 105 cm³/mol. The number of hydrogen-bond acceptors (Lipinski definition) is 6. The molecule has 2 aromatic carbocycles. The van der Waals surface area contributed by atoms with Crippen LogP contribution in [0.4, 0.5) is 0 Å². The van der Waals surface area contributed by atoms with Crippen LogP contribution < -0.4 is 14.2 Å². The molecular weight excluding hydrogens is 346 g/mol.